The van der Waals surface area contributed by atoms with Gasteiger partial charge in [0, 0.05) is 38.1 Å². The van der Waals surface area contributed by atoms with Crippen molar-refractivity contribution in [3.05, 3.63) is 72.1 Å². The highest BCUT2D eigenvalue weighted by atomic mass is 16.2. The first-order valence-electron chi connectivity index (χ1n) is 12.4. The number of aliphatic imine (C=N–C) groups is 3. The summed E-state index contributed by atoms with van der Waals surface area (Å²) in [6.45, 7) is 0. The van der Waals surface area contributed by atoms with Gasteiger partial charge in [0.25, 0.3) is 0 Å². The van der Waals surface area contributed by atoms with Crippen LogP contribution >= 0.6 is 0 Å². The normalized spacial score (nSPS) is 30.5. The molecule has 3 heterocycles. The van der Waals surface area contributed by atoms with Gasteiger partial charge in [0.15, 0.2) is 6.17 Å². The van der Waals surface area contributed by atoms with Crippen LogP contribution in [0.5, 0.6) is 0 Å². The molecule has 3 N–H and O–H groups in total. The topological polar surface area (TPSA) is 106 Å². The van der Waals surface area contributed by atoms with Crippen molar-refractivity contribution in [1.29, 1.82) is 0 Å². The van der Waals surface area contributed by atoms with Gasteiger partial charge in [-0.05, 0) is 54.2 Å². The number of pyridine rings is 1. The molecule has 1 aromatic heterocycles. The van der Waals surface area contributed by atoms with E-state index in [-0.39, 0.29) is 41.9 Å². The molecular weight excluding hydrogens is 452 g/mol. The summed E-state index contributed by atoms with van der Waals surface area (Å²) < 4.78 is 0. The number of amides is 1. The fourth-order valence-electron chi connectivity index (χ4n) is 5.58. The maximum Gasteiger partial charge on any atom is 0.227 e. The summed E-state index contributed by atoms with van der Waals surface area (Å²) in [5.74, 6) is 1.92. The standard InChI is InChI=1S/C27H30N8O/c1-35(2)26(36)21-18-5-6-19(14-18)22(21)32-25-23-24(30-15-29-23)33-27(34-25)31-20-7-3-16(4-8-20)13-17-9-11-28-12-10-17/h3-12,15,18-19,21-24H,13-14H2,1-2H3,(H,29,30)(H2,31,32,33,34). The number of carbonyl (C=O) groups is 1. The van der Waals surface area contributed by atoms with Crippen LogP contribution in [0.3, 0.4) is 0 Å². The smallest absolute Gasteiger partial charge is 0.227 e. The average molecular weight is 483 g/mol. The first kappa shape index (κ1) is 22.5. The number of carbonyl (C=O) groups excluding carboxylic acids is 1. The molecule has 1 amide bonds. The number of benzene rings is 1. The fraction of sp³-hybridized carbons (Fsp3) is 0.370. The van der Waals surface area contributed by atoms with E-state index in [0.717, 1.165) is 24.4 Å². The van der Waals surface area contributed by atoms with Crippen molar-refractivity contribution in [1.82, 2.24) is 20.5 Å². The minimum Gasteiger partial charge on any atom is -0.363 e. The van der Waals surface area contributed by atoms with Gasteiger partial charge in [-0.25, -0.2) is 9.98 Å². The van der Waals surface area contributed by atoms with Crippen LogP contribution in [0, 0.1) is 17.8 Å². The number of anilines is 1. The van der Waals surface area contributed by atoms with Crippen LogP contribution in [-0.2, 0) is 11.2 Å². The molecule has 184 valence electrons. The number of fused-ring (bicyclic) bond motifs is 3. The zero-order valence-electron chi connectivity index (χ0n) is 20.4. The number of guanidine groups is 1. The van der Waals surface area contributed by atoms with E-state index in [4.69, 9.17) is 9.98 Å². The highest BCUT2D eigenvalue weighted by Crippen LogP contribution is 2.46. The quantitative estimate of drug-likeness (QED) is 0.566. The molecule has 0 spiro atoms. The highest BCUT2D eigenvalue weighted by Gasteiger charge is 2.49. The van der Waals surface area contributed by atoms with E-state index in [0.29, 0.717) is 5.96 Å². The fourth-order valence-corrected chi connectivity index (χ4v) is 5.58. The molecule has 6 unspecified atom stereocenters. The SMILES string of the molecule is CN(C)C(=O)C1C2C=CC(C2)C1N=C1NC(Nc2ccc(Cc3ccncc3)cc2)=NC2N=CNC12. The number of nitrogens with zero attached hydrogens (tertiary/aromatic N) is 5. The van der Waals surface area contributed by atoms with Gasteiger partial charge in [-0.1, -0.05) is 24.3 Å². The molecule has 0 radical (unpaired) electrons. The molecule has 2 bridgehead atoms. The summed E-state index contributed by atoms with van der Waals surface area (Å²) >= 11 is 0. The van der Waals surface area contributed by atoms with Crippen molar-refractivity contribution in [2.75, 3.05) is 19.4 Å². The summed E-state index contributed by atoms with van der Waals surface area (Å²) in [7, 11) is 3.64. The van der Waals surface area contributed by atoms with E-state index in [1.807, 2.05) is 50.8 Å². The van der Waals surface area contributed by atoms with E-state index in [1.165, 1.54) is 11.1 Å². The van der Waals surface area contributed by atoms with E-state index in [2.05, 4.69) is 50.2 Å². The Hall–Kier alpha value is -4.01. The van der Waals surface area contributed by atoms with Crippen LogP contribution in [0.4, 0.5) is 5.69 Å². The zero-order chi connectivity index (χ0) is 24.6. The Bertz CT molecular complexity index is 1250. The van der Waals surface area contributed by atoms with Gasteiger partial charge in [-0.3, -0.25) is 14.8 Å². The number of amidine groups is 1. The van der Waals surface area contributed by atoms with Crippen LogP contribution in [0.2, 0.25) is 0 Å². The molecule has 2 aliphatic heterocycles. The van der Waals surface area contributed by atoms with Gasteiger partial charge in [0.1, 0.15) is 11.9 Å². The number of aromatic nitrogens is 1. The molecule has 1 aromatic carbocycles. The predicted octanol–water partition coefficient (Wildman–Crippen LogP) is 2.05. The van der Waals surface area contributed by atoms with Crippen molar-refractivity contribution in [3.8, 4) is 0 Å². The van der Waals surface area contributed by atoms with E-state index in [1.54, 1.807) is 11.2 Å². The second-order valence-electron chi connectivity index (χ2n) is 10.0. The monoisotopic (exact) mass is 482 g/mol. The predicted molar refractivity (Wildman–Crippen MR) is 141 cm³/mol. The minimum absolute atomic E-state index is 0.0905. The van der Waals surface area contributed by atoms with Crippen molar-refractivity contribution < 1.29 is 4.79 Å². The Kier molecular flexibility index (Phi) is 5.75. The Morgan fingerprint density at radius 1 is 1.08 bits per heavy atom. The van der Waals surface area contributed by atoms with Crippen molar-refractivity contribution in [3.63, 3.8) is 0 Å². The van der Waals surface area contributed by atoms with Gasteiger partial charge in [0.05, 0.1) is 18.3 Å². The van der Waals surface area contributed by atoms with Crippen LogP contribution in [0.15, 0.2) is 75.9 Å². The molecule has 2 aromatic rings. The van der Waals surface area contributed by atoms with Crippen molar-refractivity contribution in [2.24, 2.45) is 32.7 Å². The first-order chi connectivity index (χ1) is 17.5. The summed E-state index contributed by atoms with van der Waals surface area (Å²) in [6, 6.07) is 12.1. The molecule has 1 saturated carbocycles. The summed E-state index contributed by atoms with van der Waals surface area (Å²) in [5, 5.41) is 10.0. The van der Waals surface area contributed by atoms with Crippen LogP contribution in [-0.4, -0.2) is 66.3 Å². The van der Waals surface area contributed by atoms with Crippen LogP contribution in [0.25, 0.3) is 0 Å². The lowest BCUT2D eigenvalue weighted by Crippen LogP contribution is -2.55. The Balaban J connectivity index is 1.20. The Morgan fingerprint density at radius 2 is 1.83 bits per heavy atom. The van der Waals surface area contributed by atoms with Crippen LogP contribution in [0.1, 0.15) is 17.5 Å². The van der Waals surface area contributed by atoms with Gasteiger partial charge < -0.3 is 20.9 Å². The summed E-state index contributed by atoms with van der Waals surface area (Å²) in [6.07, 6.45) is 11.3. The molecule has 0 saturated heterocycles. The number of hydrogen-bond donors (Lipinski definition) is 3. The maximum atomic E-state index is 13.0. The molecule has 6 atom stereocenters. The third kappa shape index (κ3) is 4.25. The molecular formula is C27H30N8O. The number of rotatable bonds is 5. The number of nitrogens with one attached hydrogen (secondary N) is 3. The average Bonchev–Trinajstić information content (AvgIpc) is 3.62. The number of allylic oxidation sites excluding steroid dienone is 1. The molecule has 36 heavy (non-hydrogen) atoms. The maximum absolute atomic E-state index is 13.0. The van der Waals surface area contributed by atoms with Gasteiger partial charge in [-0.15, -0.1) is 0 Å². The van der Waals surface area contributed by atoms with E-state index in [9.17, 15) is 4.79 Å². The number of hydrogen-bond acceptors (Lipinski definition) is 7. The van der Waals surface area contributed by atoms with Crippen molar-refractivity contribution >= 4 is 29.7 Å². The largest absolute Gasteiger partial charge is 0.363 e. The summed E-state index contributed by atoms with van der Waals surface area (Å²) in [5.41, 5.74) is 3.37. The second kappa shape index (κ2) is 9.22. The molecule has 1 fully saturated rings. The molecule has 6 rings (SSSR count). The lowest BCUT2D eigenvalue weighted by Gasteiger charge is -2.31. The highest BCUT2D eigenvalue weighted by molar-refractivity contribution is 6.10. The lowest BCUT2D eigenvalue weighted by molar-refractivity contribution is -0.134. The molecule has 9 heteroatoms. The Morgan fingerprint density at radius 3 is 2.61 bits per heavy atom. The molecule has 4 aliphatic rings. The second-order valence-corrected chi connectivity index (χ2v) is 10.0. The van der Waals surface area contributed by atoms with Crippen LogP contribution < -0.4 is 16.0 Å². The van der Waals surface area contributed by atoms with Gasteiger partial charge in [0.2, 0.25) is 11.9 Å². The third-order valence-electron chi connectivity index (χ3n) is 7.39. The molecule has 2 aliphatic carbocycles. The third-order valence-corrected chi connectivity index (χ3v) is 7.39. The van der Waals surface area contributed by atoms with Gasteiger partial charge in [-0.2, -0.15) is 0 Å². The molecule has 9 nitrogen and oxygen atoms in total. The zero-order valence-corrected chi connectivity index (χ0v) is 20.4. The minimum atomic E-state index is -0.296. The summed E-state index contributed by atoms with van der Waals surface area (Å²) in [4.78, 5) is 33.1. The van der Waals surface area contributed by atoms with E-state index < -0.39 is 0 Å². The first-order valence-corrected chi connectivity index (χ1v) is 12.4. The van der Waals surface area contributed by atoms with Crippen molar-refractivity contribution in [2.45, 2.75) is 31.1 Å². The van der Waals surface area contributed by atoms with E-state index >= 15 is 0 Å². The Labute approximate surface area is 210 Å². The lowest BCUT2D eigenvalue weighted by atomic mass is 9.88. The van der Waals surface area contributed by atoms with Gasteiger partial charge >= 0.3 is 0 Å².